The molecule has 4 rings (SSSR count). The van der Waals surface area contributed by atoms with Gasteiger partial charge in [-0.3, -0.25) is 4.79 Å². The van der Waals surface area contributed by atoms with Gasteiger partial charge in [-0.2, -0.15) is 0 Å². The number of rotatable bonds is 5. The number of likely N-dealkylation sites (tertiary alicyclic amines) is 1. The topological polar surface area (TPSA) is 48.5 Å². The average Bonchev–Trinajstić information content (AvgIpc) is 3.03. The Balaban J connectivity index is 1.48. The van der Waals surface area contributed by atoms with E-state index in [4.69, 9.17) is 0 Å². The Kier molecular flexibility index (Phi) is 5.68. The second-order valence-electron chi connectivity index (χ2n) is 7.46. The van der Waals surface area contributed by atoms with E-state index in [0.29, 0.717) is 5.56 Å². The number of carbonyl (C=O) groups is 1. The van der Waals surface area contributed by atoms with Gasteiger partial charge in [0.1, 0.15) is 0 Å². The highest BCUT2D eigenvalue weighted by molar-refractivity contribution is 6.11. The van der Waals surface area contributed by atoms with Gasteiger partial charge in [0.15, 0.2) is 5.82 Å². The fourth-order valence-electron chi connectivity index (χ4n) is 4.11. The molecule has 27 heavy (non-hydrogen) atoms. The fraction of sp³-hybridized carbons (Fsp3) is 0.455. The number of carbonyl (C=O) groups excluding carboxylic acids is 1. The molecule has 2 aliphatic rings. The first-order valence-corrected chi connectivity index (χ1v) is 10.2. The van der Waals surface area contributed by atoms with E-state index >= 15 is 0 Å². The van der Waals surface area contributed by atoms with Crippen molar-refractivity contribution in [3.05, 3.63) is 48.2 Å². The molecule has 3 heterocycles. The molecule has 0 bridgehead atoms. The minimum atomic E-state index is -0.0630. The van der Waals surface area contributed by atoms with E-state index in [0.717, 1.165) is 30.2 Å². The molecule has 0 saturated carbocycles. The van der Waals surface area contributed by atoms with Crippen LogP contribution in [0.15, 0.2) is 42.6 Å². The minimum absolute atomic E-state index is 0.0630. The predicted octanol–water partition coefficient (Wildman–Crippen LogP) is 4.44. The highest BCUT2D eigenvalue weighted by Crippen LogP contribution is 2.36. The molecule has 1 amide bonds. The van der Waals surface area contributed by atoms with Crippen LogP contribution in [0.2, 0.25) is 0 Å². The second-order valence-corrected chi connectivity index (χ2v) is 7.46. The highest BCUT2D eigenvalue weighted by Gasteiger charge is 2.25. The van der Waals surface area contributed by atoms with Crippen LogP contribution in [-0.4, -0.2) is 42.0 Å². The molecule has 1 N–H and O–H groups in total. The van der Waals surface area contributed by atoms with Gasteiger partial charge in [-0.05, 0) is 69.6 Å². The molecule has 1 fully saturated rings. The van der Waals surface area contributed by atoms with Gasteiger partial charge in [-0.1, -0.05) is 25.0 Å². The van der Waals surface area contributed by atoms with E-state index in [9.17, 15) is 4.79 Å². The van der Waals surface area contributed by atoms with Crippen LogP contribution in [0, 0.1) is 0 Å². The summed E-state index contributed by atoms with van der Waals surface area (Å²) >= 11 is 0. The Bertz CT molecular complexity index is 783. The van der Waals surface area contributed by atoms with Crippen LogP contribution in [0.5, 0.6) is 0 Å². The Morgan fingerprint density at radius 3 is 2.56 bits per heavy atom. The van der Waals surface area contributed by atoms with Gasteiger partial charge in [-0.15, -0.1) is 0 Å². The van der Waals surface area contributed by atoms with E-state index in [1.807, 2.05) is 36.4 Å². The van der Waals surface area contributed by atoms with Crippen molar-refractivity contribution in [1.82, 2.24) is 9.88 Å². The van der Waals surface area contributed by atoms with Crippen LogP contribution in [0.25, 0.3) is 0 Å². The van der Waals surface area contributed by atoms with Crippen LogP contribution >= 0.6 is 0 Å². The second kappa shape index (κ2) is 8.53. The van der Waals surface area contributed by atoms with Gasteiger partial charge >= 0.3 is 0 Å². The molecule has 1 aromatic carbocycles. The Morgan fingerprint density at radius 1 is 0.926 bits per heavy atom. The zero-order valence-corrected chi connectivity index (χ0v) is 15.9. The maximum atomic E-state index is 12.6. The van der Waals surface area contributed by atoms with Gasteiger partial charge in [0.05, 0.1) is 16.9 Å². The first-order valence-electron chi connectivity index (χ1n) is 10.2. The van der Waals surface area contributed by atoms with Gasteiger partial charge in [0.2, 0.25) is 0 Å². The number of unbranched alkanes of at least 4 members (excludes halogenated alkanes) is 1. The normalized spacial score (nSPS) is 17.5. The standard InChI is InChI=1S/C22H28N4O/c27-22-18-10-3-4-12-20(18)26(21-19(24-22)11-9-13-23-21)17-8-7-16-25-14-5-1-2-6-15-25/h3-4,9-13H,1-2,5-8,14-17H2,(H,24,27). The molecule has 1 aromatic heterocycles. The molecule has 0 spiro atoms. The number of pyridine rings is 1. The minimum Gasteiger partial charge on any atom is -0.324 e. The molecule has 5 nitrogen and oxygen atoms in total. The Morgan fingerprint density at radius 2 is 1.70 bits per heavy atom. The van der Waals surface area contributed by atoms with Crippen molar-refractivity contribution < 1.29 is 4.79 Å². The summed E-state index contributed by atoms with van der Waals surface area (Å²) in [6.07, 6.45) is 9.48. The van der Waals surface area contributed by atoms with E-state index in [-0.39, 0.29) is 5.91 Å². The molecule has 2 aliphatic heterocycles. The first-order chi connectivity index (χ1) is 13.3. The monoisotopic (exact) mass is 364 g/mol. The number of aromatic nitrogens is 1. The van der Waals surface area contributed by atoms with Crippen LogP contribution in [-0.2, 0) is 0 Å². The maximum Gasteiger partial charge on any atom is 0.257 e. The zero-order valence-electron chi connectivity index (χ0n) is 15.9. The molecule has 0 atom stereocenters. The van der Waals surface area contributed by atoms with Crippen molar-refractivity contribution in [2.75, 3.05) is 36.4 Å². The number of nitrogens with one attached hydrogen (secondary N) is 1. The summed E-state index contributed by atoms with van der Waals surface area (Å²) in [7, 11) is 0. The molecule has 0 radical (unpaired) electrons. The van der Waals surface area contributed by atoms with Crippen molar-refractivity contribution in [2.45, 2.75) is 38.5 Å². The third-order valence-electron chi connectivity index (χ3n) is 5.53. The lowest BCUT2D eigenvalue weighted by Gasteiger charge is -2.25. The Labute approximate surface area is 161 Å². The largest absolute Gasteiger partial charge is 0.324 e. The summed E-state index contributed by atoms with van der Waals surface area (Å²) in [5.41, 5.74) is 2.44. The van der Waals surface area contributed by atoms with Gasteiger partial charge in [0.25, 0.3) is 5.91 Å². The molecule has 2 aromatic rings. The number of nitrogens with zero attached hydrogens (tertiary/aromatic N) is 3. The quantitative estimate of drug-likeness (QED) is 0.797. The van der Waals surface area contributed by atoms with Gasteiger partial charge in [0, 0.05) is 12.7 Å². The summed E-state index contributed by atoms with van der Waals surface area (Å²) in [5.74, 6) is 0.775. The predicted molar refractivity (Wildman–Crippen MR) is 110 cm³/mol. The zero-order chi connectivity index (χ0) is 18.5. The molecule has 5 heteroatoms. The molecule has 0 aliphatic carbocycles. The van der Waals surface area contributed by atoms with E-state index in [1.165, 1.54) is 51.7 Å². The van der Waals surface area contributed by atoms with E-state index < -0.39 is 0 Å². The number of fused-ring (bicyclic) bond motifs is 2. The smallest absolute Gasteiger partial charge is 0.257 e. The van der Waals surface area contributed by atoms with Gasteiger partial charge in [-0.25, -0.2) is 4.98 Å². The van der Waals surface area contributed by atoms with Crippen LogP contribution in [0.4, 0.5) is 17.2 Å². The van der Waals surface area contributed by atoms with E-state index in [2.05, 4.69) is 20.1 Å². The molecule has 1 saturated heterocycles. The summed E-state index contributed by atoms with van der Waals surface area (Å²) in [4.78, 5) is 22.0. The SMILES string of the molecule is O=C1Nc2cccnc2N(CCCCN2CCCCCC2)c2ccccc21. The highest BCUT2D eigenvalue weighted by atomic mass is 16.1. The molecule has 0 unspecified atom stereocenters. The van der Waals surface area contributed by atoms with Crippen molar-refractivity contribution in [3.8, 4) is 0 Å². The van der Waals surface area contributed by atoms with Crippen molar-refractivity contribution in [2.24, 2.45) is 0 Å². The molecule has 142 valence electrons. The number of hydrogen-bond acceptors (Lipinski definition) is 4. The lowest BCUT2D eigenvalue weighted by Crippen LogP contribution is -2.27. The summed E-state index contributed by atoms with van der Waals surface area (Å²) in [5, 5.41) is 3.01. The van der Waals surface area contributed by atoms with Crippen LogP contribution in [0.1, 0.15) is 48.9 Å². The lowest BCUT2D eigenvalue weighted by atomic mass is 10.1. The van der Waals surface area contributed by atoms with Crippen molar-refractivity contribution >= 4 is 23.1 Å². The van der Waals surface area contributed by atoms with Crippen LogP contribution < -0.4 is 10.2 Å². The number of anilines is 3. The average molecular weight is 364 g/mol. The molecular weight excluding hydrogens is 336 g/mol. The summed E-state index contributed by atoms with van der Waals surface area (Å²) < 4.78 is 0. The van der Waals surface area contributed by atoms with Gasteiger partial charge < -0.3 is 15.1 Å². The van der Waals surface area contributed by atoms with Crippen molar-refractivity contribution in [1.29, 1.82) is 0 Å². The first kappa shape index (κ1) is 18.0. The number of benzene rings is 1. The third-order valence-corrected chi connectivity index (χ3v) is 5.53. The van der Waals surface area contributed by atoms with Crippen LogP contribution in [0.3, 0.4) is 0 Å². The summed E-state index contributed by atoms with van der Waals surface area (Å²) in [6, 6.07) is 11.6. The summed E-state index contributed by atoms with van der Waals surface area (Å²) in [6.45, 7) is 4.52. The number of amides is 1. The fourth-order valence-corrected chi connectivity index (χ4v) is 4.11. The number of para-hydroxylation sites is 1. The number of hydrogen-bond donors (Lipinski definition) is 1. The molecular formula is C22H28N4O. The van der Waals surface area contributed by atoms with Crippen molar-refractivity contribution in [3.63, 3.8) is 0 Å². The van der Waals surface area contributed by atoms with E-state index in [1.54, 1.807) is 6.20 Å². The Hall–Kier alpha value is -2.40. The third kappa shape index (κ3) is 4.14. The maximum absolute atomic E-state index is 12.6. The lowest BCUT2D eigenvalue weighted by molar-refractivity contribution is 0.102.